The monoisotopic (exact) mass is 244 g/mol. The number of para-hydroxylation sites is 1. The maximum Gasteiger partial charge on any atom is 0.164 e. The first kappa shape index (κ1) is 12.7. The Labute approximate surface area is 108 Å². The third-order valence-electron chi connectivity index (χ3n) is 3.06. The molecule has 0 amide bonds. The largest absolute Gasteiger partial charge is 0.360 e. The molecule has 2 aromatic rings. The van der Waals surface area contributed by atoms with Gasteiger partial charge in [0.25, 0.3) is 0 Å². The van der Waals surface area contributed by atoms with Crippen LogP contribution in [-0.4, -0.2) is 24.4 Å². The molecule has 1 aromatic carbocycles. The zero-order chi connectivity index (χ0) is 13.3. The summed E-state index contributed by atoms with van der Waals surface area (Å²) in [6, 6.07) is 7.95. The predicted molar refractivity (Wildman–Crippen MR) is 76.4 cm³/mol. The molecule has 0 aliphatic rings. The minimum Gasteiger partial charge on any atom is -0.360 e. The van der Waals surface area contributed by atoms with Gasteiger partial charge in [-0.3, -0.25) is 4.79 Å². The van der Waals surface area contributed by atoms with Crippen LogP contribution in [-0.2, 0) is 0 Å². The van der Waals surface area contributed by atoms with Gasteiger partial charge >= 0.3 is 0 Å². The summed E-state index contributed by atoms with van der Waals surface area (Å²) < 4.78 is 0. The second-order valence-electron chi connectivity index (χ2n) is 5.22. The molecule has 1 heterocycles. The number of Topliss-reactive ketones (excluding diaryl/α,β-unsaturated/α-hetero) is 1. The molecule has 3 heteroatoms. The van der Waals surface area contributed by atoms with Gasteiger partial charge in [-0.25, -0.2) is 0 Å². The predicted octanol–water partition coefficient (Wildman–Crippen LogP) is 3.46. The van der Waals surface area contributed by atoms with Gasteiger partial charge in [-0.1, -0.05) is 32.0 Å². The van der Waals surface area contributed by atoms with Gasteiger partial charge in [0, 0.05) is 24.5 Å². The van der Waals surface area contributed by atoms with E-state index in [1.165, 1.54) is 0 Å². The molecule has 18 heavy (non-hydrogen) atoms. The highest BCUT2D eigenvalue weighted by atomic mass is 16.1. The van der Waals surface area contributed by atoms with Gasteiger partial charge in [0.15, 0.2) is 5.78 Å². The average molecular weight is 244 g/mol. The lowest BCUT2D eigenvalue weighted by atomic mass is 10.1. The van der Waals surface area contributed by atoms with Crippen LogP contribution in [0.4, 0.5) is 5.82 Å². The fraction of sp³-hybridized carbons (Fsp3) is 0.400. The molecule has 3 nitrogen and oxygen atoms in total. The summed E-state index contributed by atoms with van der Waals surface area (Å²) >= 11 is 0. The minimum atomic E-state index is 0.109. The van der Waals surface area contributed by atoms with E-state index in [2.05, 4.69) is 23.7 Å². The first-order valence-electron chi connectivity index (χ1n) is 6.33. The van der Waals surface area contributed by atoms with Crippen molar-refractivity contribution in [3.63, 3.8) is 0 Å². The van der Waals surface area contributed by atoms with E-state index >= 15 is 0 Å². The lowest BCUT2D eigenvalue weighted by Gasteiger charge is -2.21. The van der Waals surface area contributed by atoms with Crippen molar-refractivity contribution in [3.8, 4) is 0 Å². The molecule has 2 rings (SSSR count). The first-order valence-corrected chi connectivity index (χ1v) is 6.33. The topological polar surface area (TPSA) is 36.1 Å². The number of rotatable bonds is 4. The van der Waals surface area contributed by atoms with Crippen molar-refractivity contribution in [2.24, 2.45) is 5.92 Å². The second-order valence-corrected chi connectivity index (χ2v) is 5.22. The van der Waals surface area contributed by atoms with Crippen molar-refractivity contribution in [1.82, 2.24) is 4.98 Å². The van der Waals surface area contributed by atoms with Gasteiger partial charge in [-0.2, -0.15) is 0 Å². The van der Waals surface area contributed by atoms with Crippen LogP contribution < -0.4 is 4.90 Å². The van der Waals surface area contributed by atoms with Crippen LogP contribution in [0.5, 0.6) is 0 Å². The van der Waals surface area contributed by atoms with Crippen molar-refractivity contribution in [2.75, 3.05) is 18.5 Å². The van der Waals surface area contributed by atoms with Crippen LogP contribution in [0.2, 0.25) is 0 Å². The molecule has 1 N–H and O–H groups in total. The van der Waals surface area contributed by atoms with E-state index in [0.29, 0.717) is 5.92 Å². The van der Waals surface area contributed by atoms with Crippen molar-refractivity contribution < 1.29 is 4.79 Å². The fourth-order valence-electron chi connectivity index (χ4n) is 2.41. The van der Waals surface area contributed by atoms with E-state index in [1.54, 1.807) is 6.92 Å². The number of nitrogens with one attached hydrogen (secondary N) is 1. The minimum absolute atomic E-state index is 0.109. The molecule has 0 unspecified atom stereocenters. The highest BCUT2D eigenvalue weighted by Crippen LogP contribution is 2.29. The lowest BCUT2D eigenvalue weighted by molar-refractivity contribution is 0.101. The standard InChI is InChI=1S/C15H20N2O/c1-10(2)9-17(4)15-14(11(3)18)12-7-5-6-8-13(12)16-15/h5-8,10,16H,9H2,1-4H3. The van der Waals surface area contributed by atoms with Gasteiger partial charge in [-0.15, -0.1) is 0 Å². The summed E-state index contributed by atoms with van der Waals surface area (Å²) in [4.78, 5) is 17.4. The number of benzene rings is 1. The normalized spacial score (nSPS) is 11.2. The Morgan fingerprint density at radius 1 is 1.33 bits per heavy atom. The Hall–Kier alpha value is -1.77. The van der Waals surface area contributed by atoms with Gasteiger partial charge in [-0.05, 0) is 18.9 Å². The maximum absolute atomic E-state index is 11.9. The van der Waals surface area contributed by atoms with Crippen LogP contribution in [0.15, 0.2) is 24.3 Å². The number of hydrogen-bond acceptors (Lipinski definition) is 2. The highest BCUT2D eigenvalue weighted by Gasteiger charge is 2.18. The molecule has 0 saturated carbocycles. The van der Waals surface area contributed by atoms with Crippen LogP contribution in [0.25, 0.3) is 10.9 Å². The Bertz CT molecular complexity index is 569. The Balaban J connectivity index is 2.55. The Morgan fingerprint density at radius 3 is 2.61 bits per heavy atom. The Kier molecular flexibility index (Phi) is 3.41. The zero-order valence-electron chi connectivity index (χ0n) is 11.4. The zero-order valence-corrected chi connectivity index (χ0v) is 11.4. The van der Waals surface area contributed by atoms with Crippen molar-refractivity contribution in [2.45, 2.75) is 20.8 Å². The molecule has 1 aromatic heterocycles. The average Bonchev–Trinajstić information content (AvgIpc) is 2.67. The Morgan fingerprint density at radius 2 is 2.00 bits per heavy atom. The summed E-state index contributed by atoms with van der Waals surface area (Å²) in [5, 5.41) is 1.01. The number of fused-ring (bicyclic) bond motifs is 1. The number of aromatic nitrogens is 1. The van der Waals surface area contributed by atoms with E-state index in [0.717, 1.165) is 28.8 Å². The van der Waals surface area contributed by atoms with Gasteiger partial charge in [0.1, 0.15) is 5.82 Å². The summed E-state index contributed by atoms with van der Waals surface area (Å²) in [5.74, 6) is 1.59. The molecule has 96 valence electrons. The fourth-order valence-corrected chi connectivity index (χ4v) is 2.41. The number of ketones is 1. The number of carbonyl (C=O) groups is 1. The van der Waals surface area contributed by atoms with E-state index < -0.39 is 0 Å². The van der Waals surface area contributed by atoms with Gasteiger partial charge in [0.2, 0.25) is 0 Å². The quantitative estimate of drug-likeness (QED) is 0.836. The maximum atomic E-state index is 11.9. The SMILES string of the molecule is CC(=O)c1c(N(C)CC(C)C)[nH]c2ccccc12. The summed E-state index contributed by atoms with van der Waals surface area (Å²) in [6.45, 7) is 6.90. The molecule has 0 aliphatic carbocycles. The first-order chi connectivity index (χ1) is 8.50. The van der Waals surface area contributed by atoms with Crippen molar-refractivity contribution >= 4 is 22.5 Å². The molecule has 0 bridgehead atoms. The molecule has 0 saturated heterocycles. The summed E-state index contributed by atoms with van der Waals surface area (Å²) in [7, 11) is 2.02. The van der Waals surface area contributed by atoms with Crippen LogP contribution in [0.3, 0.4) is 0 Å². The number of H-pyrrole nitrogens is 1. The molecule has 0 radical (unpaired) electrons. The van der Waals surface area contributed by atoms with Gasteiger partial charge in [0.05, 0.1) is 5.56 Å². The number of carbonyl (C=O) groups excluding carboxylic acids is 1. The number of nitrogens with zero attached hydrogens (tertiary/aromatic N) is 1. The number of anilines is 1. The molecule has 0 atom stereocenters. The summed E-state index contributed by atoms with van der Waals surface area (Å²) in [5.41, 5.74) is 1.82. The molecule has 0 aliphatic heterocycles. The second kappa shape index (κ2) is 4.84. The van der Waals surface area contributed by atoms with Crippen molar-refractivity contribution in [1.29, 1.82) is 0 Å². The summed E-state index contributed by atoms with van der Waals surface area (Å²) in [6.07, 6.45) is 0. The van der Waals surface area contributed by atoms with Crippen LogP contribution in [0.1, 0.15) is 31.1 Å². The van der Waals surface area contributed by atoms with E-state index in [-0.39, 0.29) is 5.78 Å². The molecule has 0 spiro atoms. The third-order valence-corrected chi connectivity index (χ3v) is 3.06. The third kappa shape index (κ3) is 2.26. The molecular formula is C15H20N2O. The number of hydrogen-bond donors (Lipinski definition) is 1. The van der Waals surface area contributed by atoms with E-state index in [1.807, 2.05) is 31.3 Å². The van der Waals surface area contributed by atoms with E-state index in [4.69, 9.17) is 0 Å². The number of aromatic amines is 1. The van der Waals surface area contributed by atoms with Gasteiger partial charge < -0.3 is 9.88 Å². The smallest absolute Gasteiger partial charge is 0.164 e. The lowest BCUT2D eigenvalue weighted by Crippen LogP contribution is -2.24. The van der Waals surface area contributed by atoms with Crippen molar-refractivity contribution in [3.05, 3.63) is 29.8 Å². The van der Waals surface area contributed by atoms with Crippen LogP contribution >= 0.6 is 0 Å². The molecule has 0 fully saturated rings. The van der Waals surface area contributed by atoms with Crippen LogP contribution in [0, 0.1) is 5.92 Å². The molecular weight excluding hydrogens is 224 g/mol. The van der Waals surface area contributed by atoms with E-state index in [9.17, 15) is 4.79 Å². The highest BCUT2D eigenvalue weighted by molar-refractivity contribution is 6.11.